The number of benzene rings is 1. The molecule has 3 rings (SSSR count). The molecule has 1 aliphatic carbocycles. The molecule has 0 spiro atoms. The molecule has 0 saturated carbocycles. The first-order chi connectivity index (χ1) is 10.1. The van der Waals surface area contributed by atoms with Crippen LogP contribution in [0.2, 0.25) is 0 Å². The van der Waals surface area contributed by atoms with Crippen molar-refractivity contribution in [2.24, 2.45) is 0 Å². The van der Waals surface area contributed by atoms with Crippen molar-refractivity contribution in [2.45, 2.75) is 25.3 Å². The molecule has 6 nitrogen and oxygen atoms in total. The van der Waals surface area contributed by atoms with Crippen LogP contribution < -0.4 is 10.6 Å². The first kappa shape index (κ1) is 13.7. The van der Waals surface area contributed by atoms with Crippen LogP contribution >= 0.6 is 12.2 Å². The van der Waals surface area contributed by atoms with Gasteiger partial charge >= 0.3 is 0 Å². The summed E-state index contributed by atoms with van der Waals surface area (Å²) in [4.78, 5) is 22.7. The molecule has 0 radical (unpaired) electrons. The van der Waals surface area contributed by atoms with E-state index in [0.717, 1.165) is 18.5 Å². The van der Waals surface area contributed by atoms with Gasteiger partial charge in [-0.2, -0.15) is 0 Å². The maximum absolute atomic E-state index is 12.2. The molecule has 1 aromatic carbocycles. The molecule has 2 aliphatic rings. The van der Waals surface area contributed by atoms with Crippen molar-refractivity contribution in [3.63, 3.8) is 0 Å². The lowest BCUT2D eigenvalue weighted by molar-refractivity contribution is -0.384. The lowest BCUT2D eigenvalue weighted by Gasteiger charge is -2.33. The van der Waals surface area contributed by atoms with E-state index in [2.05, 4.69) is 10.6 Å². The van der Waals surface area contributed by atoms with E-state index < -0.39 is 11.0 Å². The molecular weight excluding hydrogens is 290 g/mol. The molecule has 0 bridgehead atoms. The van der Waals surface area contributed by atoms with E-state index in [-0.39, 0.29) is 11.5 Å². The van der Waals surface area contributed by atoms with Crippen molar-refractivity contribution in [3.8, 4) is 0 Å². The third kappa shape index (κ3) is 2.52. The quantitative estimate of drug-likeness (QED) is 0.494. The van der Waals surface area contributed by atoms with E-state index in [1.807, 2.05) is 0 Å². The summed E-state index contributed by atoms with van der Waals surface area (Å²) in [5.41, 5.74) is 2.17. The molecular formula is C14H13N3O3S. The van der Waals surface area contributed by atoms with E-state index >= 15 is 0 Å². The normalized spacial score (nSPS) is 21.4. The highest BCUT2D eigenvalue weighted by Crippen LogP contribution is 2.34. The molecule has 108 valence electrons. The van der Waals surface area contributed by atoms with Crippen LogP contribution in [0.3, 0.4) is 0 Å². The summed E-state index contributed by atoms with van der Waals surface area (Å²) in [5.74, 6) is 0.0651. The fourth-order valence-electron chi connectivity index (χ4n) is 2.77. The second kappa shape index (κ2) is 5.25. The maximum atomic E-state index is 12.2. The number of non-ortho nitro benzene ring substituents is 1. The number of nitro groups is 1. The zero-order chi connectivity index (χ0) is 15.0. The number of allylic oxidation sites excluding steroid dienone is 1. The Morgan fingerprint density at radius 1 is 1.33 bits per heavy atom. The SMILES string of the molecule is O=C1CCCC2=C1[C@H](c1cccc([N+](=O)[O-])c1)NC(=S)N2. The number of nitro benzene ring substituents is 1. The Bertz CT molecular complexity index is 684. The van der Waals surface area contributed by atoms with Crippen molar-refractivity contribution in [3.05, 3.63) is 51.2 Å². The Hall–Kier alpha value is -2.28. The van der Waals surface area contributed by atoms with Crippen LogP contribution in [0.25, 0.3) is 0 Å². The van der Waals surface area contributed by atoms with Crippen LogP contribution in [-0.4, -0.2) is 15.8 Å². The molecule has 1 aliphatic heterocycles. The highest BCUT2D eigenvalue weighted by molar-refractivity contribution is 7.80. The number of hydrogen-bond donors (Lipinski definition) is 2. The van der Waals surface area contributed by atoms with Crippen LogP contribution in [0.4, 0.5) is 5.69 Å². The van der Waals surface area contributed by atoms with Gasteiger partial charge < -0.3 is 10.6 Å². The zero-order valence-electron chi connectivity index (χ0n) is 11.1. The summed E-state index contributed by atoms with van der Waals surface area (Å²) in [6.45, 7) is 0. The second-order valence-electron chi connectivity index (χ2n) is 5.05. The van der Waals surface area contributed by atoms with Crippen molar-refractivity contribution in [2.75, 3.05) is 0 Å². The van der Waals surface area contributed by atoms with Crippen molar-refractivity contribution >= 4 is 28.8 Å². The Balaban J connectivity index is 2.07. The monoisotopic (exact) mass is 303 g/mol. The highest BCUT2D eigenvalue weighted by Gasteiger charge is 2.33. The minimum Gasteiger partial charge on any atom is -0.351 e. The number of Topliss-reactive ketones (excluding diaryl/α,β-unsaturated/α-hetero) is 1. The van der Waals surface area contributed by atoms with Crippen LogP contribution in [-0.2, 0) is 4.79 Å². The first-order valence-electron chi connectivity index (χ1n) is 6.64. The van der Waals surface area contributed by atoms with Crippen LogP contribution in [0.15, 0.2) is 35.5 Å². The predicted octanol–water partition coefficient (Wildman–Crippen LogP) is 2.12. The fraction of sp³-hybridized carbons (Fsp3) is 0.286. The maximum Gasteiger partial charge on any atom is 0.269 e. The number of rotatable bonds is 2. The average Bonchev–Trinajstić information content (AvgIpc) is 2.46. The van der Waals surface area contributed by atoms with Gasteiger partial charge in [0.1, 0.15) is 0 Å². The molecule has 0 amide bonds. The molecule has 7 heteroatoms. The van der Waals surface area contributed by atoms with Crippen molar-refractivity contribution < 1.29 is 9.72 Å². The van der Waals surface area contributed by atoms with Gasteiger partial charge in [-0.15, -0.1) is 0 Å². The lowest BCUT2D eigenvalue weighted by Crippen LogP contribution is -2.46. The lowest BCUT2D eigenvalue weighted by atomic mass is 9.85. The fourth-order valence-corrected chi connectivity index (χ4v) is 3.01. The van der Waals surface area contributed by atoms with Gasteiger partial charge in [0.2, 0.25) is 0 Å². The summed E-state index contributed by atoms with van der Waals surface area (Å²) in [7, 11) is 0. The Kier molecular flexibility index (Phi) is 3.42. The van der Waals surface area contributed by atoms with Gasteiger partial charge in [0, 0.05) is 29.8 Å². The molecule has 1 heterocycles. The van der Waals surface area contributed by atoms with Crippen LogP contribution in [0.5, 0.6) is 0 Å². The first-order valence-corrected chi connectivity index (χ1v) is 7.05. The van der Waals surface area contributed by atoms with Gasteiger partial charge in [0.15, 0.2) is 10.9 Å². The molecule has 1 aromatic rings. The topological polar surface area (TPSA) is 84.3 Å². The molecule has 0 fully saturated rings. The Morgan fingerprint density at radius 3 is 2.90 bits per heavy atom. The predicted molar refractivity (Wildman–Crippen MR) is 80.6 cm³/mol. The number of nitrogens with zero attached hydrogens (tertiary/aromatic N) is 1. The Labute approximate surface area is 126 Å². The van der Waals surface area contributed by atoms with Gasteiger partial charge in [0.05, 0.1) is 11.0 Å². The van der Waals surface area contributed by atoms with E-state index in [4.69, 9.17) is 12.2 Å². The van der Waals surface area contributed by atoms with E-state index in [0.29, 0.717) is 22.7 Å². The molecule has 0 saturated heterocycles. The van der Waals surface area contributed by atoms with E-state index in [1.165, 1.54) is 12.1 Å². The second-order valence-corrected chi connectivity index (χ2v) is 5.46. The van der Waals surface area contributed by atoms with E-state index in [1.54, 1.807) is 12.1 Å². The van der Waals surface area contributed by atoms with E-state index in [9.17, 15) is 14.9 Å². The number of nitrogens with one attached hydrogen (secondary N) is 2. The van der Waals surface area contributed by atoms with Crippen LogP contribution in [0.1, 0.15) is 30.9 Å². The number of thiocarbonyl (C=S) groups is 1. The smallest absolute Gasteiger partial charge is 0.269 e. The number of carbonyl (C=O) groups excluding carboxylic acids is 1. The van der Waals surface area contributed by atoms with Gasteiger partial charge in [-0.05, 0) is 30.6 Å². The van der Waals surface area contributed by atoms with Gasteiger partial charge in [0.25, 0.3) is 5.69 Å². The summed E-state index contributed by atoms with van der Waals surface area (Å²) >= 11 is 5.17. The number of carbonyl (C=O) groups is 1. The zero-order valence-corrected chi connectivity index (χ0v) is 11.9. The van der Waals surface area contributed by atoms with Crippen LogP contribution in [0, 0.1) is 10.1 Å². The minimum absolute atomic E-state index is 0.00385. The van der Waals surface area contributed by atoms with Gasteiger partial charge in [-0.3, -0.25) is 14.9 Å². The third-order valence-electron chi connectivity index (χ3n) is 3.70. The molecule has 0 aromatic heterocycles. The Morgan fingerprint density at radius 2 is 2.14 bits per heavy atom. The molecule has 2 N–H and O–H groups in total. The molecule has 21 heavy (non-hydrogen) atoms. The van der Waals surface area contributed by atoms with Gasteiger partial charge in [-0.1, -0.05) is 12.1 Å². The average molecular weight is 303 g/mol. The summed E-state index contributed by atoms with van der Waals surface area (Å²) in [5, 5.41) is 17.4. The van der Waals surface area contributed by atoms with Crippen molar-refractivity contribution in [1.29, 1.82) is 0 Å². The minimum atomic E-state index is -0.444. The highest BCUT2D eigenvalue weighted by atomic mass is 32.1. The largest absolute Gasteiger partial charge is 0.351 e. The number of ketones is 1. The van der Waals surface area contributed by atoms with Crippen molar-refractivity contribution in [1.82, 2.24) is 10.6 Å². The summed E-state index contributed by atoms with van der Waals surface area (Å²) < 4.78 is 0. The summed E-state index contributed by atoms with van der Waals surface area (Å²) in [6, 6.07) is 5.89. The molecule has 1 atom stereocenters. The molecule has 0 unspecified atom stereocenters. The standard InChI is InChI=1S/C14H13N3O3S/c18-11-6-2-5-10-12(11)13(16-14(21)15-10)8-3-1-4-9(7-8)17(19)20/h1,3-4,7,13H,2,5-6H2,(H2,15,16,21)/t13-/m0/s1. The van der Waals surface area contributed by atoms with Gasteiger partial charge in [-0.25, -0.2) is 0 Å². The number of hydrogen-bond acceptors (Lipinski definition) is 4. The summed E-state index contributed by atoms with van der Waals surface area (Å²) in [6.07, 6.45) is 2.07. The third-order valence-corrected chi connectivity index (χ3v) is 3.92.